The molecule has 0 heterocycles. The van der Waals surface area contributed by atoms with Crippen molar-refractivity contribution in [1.29, 1.82) is 0 Å². The lowest BCUT2D eigenvalue weighted by Gasteiger charge is -2.31. The molecule has 2 amide bonds. The summed E-state index contributed by atoms with van der Waals surface area (Å²) in [5.41, 5.74) is 1.46. The summed E-state index contributed by atoms with van der Waals surface area (Å²) in [4.78, 5) is 27.9. The van der Waals surface area contributed by atoms with Gasteiger partial charge in [-0.2, -0.15) is 0 Å². The van der Waals surface area contributed by atoms with Crippen LogP contribution in [0.25, 0.3) is 0 Å². The van der Waals surface area contributed by atoms with Crippen molar-refractivity contribution in [3.05, 3.63) is 63.6 Å². The van der Waals surface area contributed by atoms with Crippen molar-refractivity contribution in [2.75, 3.05) is 13.7 Å². The molecule has 0 spiro atoms. The fraction of sp³-hybridized carbons (Fsp3) is 0.417. The first kappa shape index (κ1) is 25.0. The third kappa shape index (κ3) is 7.15. The molecule has 0 fully saturated rings. The molecular formula is C24H30Cl2N2O3. The number of benzene rings is 2. The van der Waals surface area contributed by atoms with E-state index in [2.05, 4.69) is 5.32 Å². The van der Waals surface area contributed by atoms with Crippen molar-refractivity contribution in [1.82, 2.24) is 10.2 Å². The van der Waals surface area contributed by atoms with E-state index in [1.54, 1.807) is 30.2 Å². The van der Waals surface area contributed by atoms with Gasteiger partial charge in [0.25, 0.3) is 0 Å². The highest BCUT2D eigenvalue weighted by Gasteiger charge is 2.29. The number of nitrogens with one attached hydrogen (secondary N) is 1. The van der Waals surface area contributed by atoms with E-state index in [9.17, 15) is 9.59 Å². The molecule has 0 radical (unpaired) electrons. The summed E-state index contributed by atoms with van der Waals surface area (Å²) in [7, 11) is 1.60. The fourth-order valence-corrected chi connectivity index (χ4v) is 3.75. The minimum absolute atomic E-state index is 0.0165. The van der Waals surface area contributed by atoms with E-state index < -0.39 is 6.04 Å². The number of hydrogen-bond donors (Lipinski definition) is 1. The van der Waals surface area contributed by atoms with Crippen LogP contribution in [0.5, 0.6) is 5.75 Å². The topological polar surface area (TPSA) is 58.6 Å². The Bertz CT molecular complexity index is 865. The largest absolute Gasteiger partial charge is 0.497 e. The SMILES string of the molecule is CC[C@H](C(=O)NCC(C)C)N(Cc1ccc(OC)cc1)C(=O)Cc1c(Cl)cccc1Cl. The Morgan fingerprint density at radius 2 is 1.68 bits per heavy atom. The first-order valence-electron chi connectivity index (χ1n) is 10.4. The number of nitrogens with zero attached hydrogens (tertiary/aromatic N) is 1. The van der Waals surface area contributed by atoms with Gasteiger partial charge in [-0.25, -0.2) is 0 Å². The molecule has 0 unspecified atom stereocenters. The van der Waals surface area contributed by atoms with Crippen LogP contribution in [-0.4, -0.2) is 36.4 Å². The zero-order valence-electron chi connectivity index (χ0n) is 18.5. The molecule has 7 heteroatoms. The first-order chi connectivity index (χ1) is 14.8. The van der Waals surface area contributed by atoms with Crippen molar-refractivity contribution in [2.45, 2.75) is 46.2 Å². The number of hydrogen-bond acceptors (Lipinski definition) is 3. The lowest BCUT2D eigenvalue weighted by Crippen LogP contribution is -2.50. The minimum atomic E-state index is -0.602. The van der Waals surface area contributed by atoms with Crippen LogP contribution in [0.2, 0.25) is 10.0 Å². The van der Waals surface area contributed by atoms with Gasteiger partial charge in [0.1, 0.15) is 11.8 Å². The van der Waals surface area contributed by atoms with Gasteiger partial charge < -0.3 is 15.0 Å². The maximum Gasteiger partial charge on any atom is 0.242 e. The van der Waals surface area contributed by atoms with Crippen molar-refractivity contribution < 1.29 is 14.3 Å². The van der Waals surface area contributed by atoms with Crippen LogP contribution in [0.1, 0.15) is 38.3 Å². The molecule has 2 aromatic rings. The van der Waals surface area contributed by atoms with E-state index in [0.717, 1.165) is 11.3 Å². The Morgan fingerprint density at radius 1 is 1.06 bits per heavy atom. The van der Waals surface area contributed by atoms with Crippen molar-refractivity contribution in [2.24, 2.45) is 5.92 Å². The van der Waals surface area contributed by atoms with Crippen LogP contribution in [0.4, 0.5) is 0 Å². The van der Waals surface area contributed by atoms with Crippen LogP contribution in [-0.2, 0) is 22.6 Å². The van der Waals surface area contributed by atoms with E-state index in [4.69, 9.17) is 27.9 Å². The normalized spacial score (nSPS) is 11.8. The Balaban J connectivity index is 2.32. The summed E-state index contributed by atoms with van der Waals surface area (Å²) in [6, 6.07) is 12.0. The van der Waals surface area contributed by atoms with Crippen molar-refractivity contribution >= 4 is 35.0 Å². The highest BCUT2D eigenvalue weighted by Crippen LogP contribution is 2.26. The smallest absolute Gasteiger partial charge is 0.242 e. The second-order valence-electron chi connectivity index (χ2n) is 7.81. The van der Waals surface area contributed by atoms with Crippen LogP contribution < -0.4 is 10.1 Å². The van der Waals surface area contributed by atoms with Gasteiger partial charge in [0.15, 0.2) is 0 Å². The monoisotopic (exact) mass is 464 g/mol. The maximum atomic E-state index is 13.4. The molecule has 1 N–H and O–H groups in total. The fourth-order valence-electron chi connectivity index (χ4n) is 3.22. The Kier molecular flexibility index (Phi) is 9.66. The molecule has 0 aliphatic heterocycles. The molecule has 5 nitrogen and oxygen atoms in total. The molecule has 0 aliphatic carbocycles. The van der Waals surface area contributed by atoms with Crippen molar-refractivity contribution in [3.8, 4) is 5.75 Å². The minimum Gasteiger partial charge on any atom is -0.497 e. The molecule has 1 atom stereocenters. The summed E-state index contributed by atoms with van der Waals surface area (Å²) in [5, 5.41) is 3.82. The summed E-state index contributed by atoms with van der Waals surface area (Å²) < 4.78 is 5.21. The number of carbonyl (C=O) groups is 2. The predicted molar refractivity (Wildman–Crippen MR) is 126 cm³/mol. The van der Waals surface area contributed by atoms with Gasteiger partial charge in [0, 0.05) is 23.1 Å². The molecule has 0 saturated heterocycles. The van der Waals surface area contributed by atoms with Crippen LogP contribution in [0, 0.1) is 5.92 Å². The molecular weight excluding hydrogens is 435 g/mol. The van der Waals surface area contributed by atoms with Gasteiger partial charge in [-0.3, -0.25) is 9.59 Å². The lowest BCUT2D eigenvalue weighted by atomic mass is 10.1. The second kappa shape index (κ2) is 12.0. The summed E-state index contributed by atoms with van der Waals surface area (Å²) >= 11 is 12.6. The van der Waals surface area contributed by atoms with E-state index in [0.29, 0.717) is 41.0 Å². The van der Waals surface area contributed by atoms with Gasteiger partial charge in [-0.05, 0) is 47.7 Å². The number of carbonyl (C=O) groups excluding carboxylic acids is 2. The molecule has 31 heavy (non-hydrogen) atoms. The number of rotatable bonds is 10. The van der Waals surface area contributed by atoms with E-state index in [1.807, 2.05) is 45.0 Å². The molecule has 0 aliphatic rings. The first-order valence-corrected chi connectivity index (χ1v) is 11.1. The van der Waals surface area contributed by atoms with Crippen molar-refractivity contribution in [3.63, 3.8) is 0 Å². The third-order valence-electron chi connectivity index (χ3n) is 4.97. The molecule has 168 valence electrons. The quantitative estimate of drug-likeness (QED) is 0.530. The van der Waals surface area contributed by atoms with Crippen LogP contribution >= 0.6 is 23.2 Å². The number of ether oxygens (including phenoxy) is 1. The molecule has 2 rings (SSSR count). The zero-order valence-corrected chi connectivity index (χ0v) is 20.0. The standard InChI is InChI=1S/C24H30Cl2N2O3/c1-5-22(24(30)27-14-16(2)3)28(15-17-9-11-18(31-4)12-10-17)23(29)13-19-20(25)7-6-8-21(19)26/h6-12,16,22H,5,13-15H2,1-4H3,(H,27,30)/t22-/m1/s1. The Morgan fingerprint density at radius 3 is 2.19 bits per heavy atom. The highest BCUT2D eigenvalue weighted by molar-refractivity contribution is 6.36. The third-order valence-corrected chi connectivity index (χ3v) is 5.68. The van der Waals surface area contributed by atoms with E-state index in [1.165, 1.54) is 0 Å². The maximum absolute atomic E-state index is 13.4. The van der Waals surface area contributed by atoms with Crippen LogP contribution in [0.3, 0.4) is 0 Å². The summed E-state index contributed by atoms with van der Waals surface area (Å²) in [6.07, 6.45) is 0.505. The average Bonchev–Trinajstić information content (AvgIpc) is 2.75. The number of halogens is 2. The molecule has 0 aromatic heterocycles. The second-order valence-corrected chi connectivity index (χ2v) is 8.62. The van der Waals surface area contributed by atoms with E-state index >= 15 is 0 Å². The van der Waals surface area contributed by atoms with Gasteiger partial charge in [-0.1, -0.05) is 62.2 Å². The van der Waals surface area contributed by atoms with Crippen LogP contribution in [0.15, 0.2) is 42.5 Å². The highest BCUT2D eigenvalue weighted by atomic mass is 35.5. The summed E-state index contributed by atoms with van der Waals surface area (Å²) in [6.45, 7) is 6.80. The molecule has 0 bridgehead atoms. The number of amides is 2. The van der Waals surface area contributed by atoms with Gasteiger partial charge in [0.2, 0.25) is 11.8 Å². The Labute approximate surface area is 194 Å². The van der Waals surface area contributed by atoms with Gasteiger partial charge >= 0.3 is 0 Å². The lowest BCUT2D eigenvalue weighted by molar-refractivity contribution is -0.141. The predicted octanol–water partition coefficient (Wildman–Crippen LogP) is 5.12. The zero-order chi connectivity index (χ0) is 23.0. The van der Waals surface area contributed by atoms with Gasteiger partial charge in [0.05, 0.1) is 13.5 Å². The average molecular weight is 465 g/mol. The van der Waals surface area contributed by atoms with E-state index in [-0.39, 0.29) is 18.2 Å². The molecule has 0 saturated carbocycles. The van der Waals surface area contributed by atoms with Gasteiger partial charge in [-0.15, -0.1) is 0 Å². The number of methoxy groups -OCH3 is 1. The molecule has 2 aromatic carbocycles. The summed E-state index contributed by atoms with van der Waals surface area (Å²) in [5.74, 6) is 0.668. The Hall–Kier alpha value is -2.24.